The molecular formula is C13H22N2O3S. The quantitative estimate of drug-likeness (QED) is 0.777. The van der Waals surface area contributed by atoms with Gasteiger partial charge < -0.3 is 5.11 Å². The van der Waals surface area contributed by atoms with E-state index in [0.717, 1.165) is 5.56 Å². The largest absolute Gasteiger partial charge is 0.391 e. The van der Waals surface area contributed by atoms with Crippen LogP contribution in [0.4, 0.5) is 0 Å². The van der Waals surface area contributed by atoms with Crippen LogP contribution in [0.5, 0.6) is 0 Å². The normalized spacial score (nSPS) is 14.0. The van der Waals surface area contributed by atoms with E-state index in [2.05, 4.69) is 4.72 Å². The molecule has 0 aromatic heterocycles. The first-order valence-electron chi connectivity index (χ1n) is 6.27. The average Bonchev–Trinajstić information content (AvgIpc) is 2.36. The summed E-state index contributed by atoms with van der Waals surface area (Å²) < 4.78 is 27.3. The molecule has 1 atom stereocenters. The number of hydrogen-bond donors (Lipinski definition) is 2. The molecule has 0 aliphatic rings. The Kier molecular flexibility index (Phi) is 5.93. The van der Waals surface area contributed by atoms with Crippen LogP contribution in [0.25, 0.3) is 0 Å². The Bertz CT molecular complexity index is 474. The Labute approximate surface area is 115 Å². The van der Waals surface area contributed by atoms with Crippen molar-refractivity contribution in [1.29, 1.82) is 0 Å². The smallest absolute Gasteiger partial charge is 0.279 e. The van der Waals surface area contributed by atoms with Gasteiger partial charge in [-0.25, -0.2) is 0 Å². The minimum Gasteiger partial charge on any atom is -0.391 e. The molecule has 0 bridgehead atoms. The van der Waals surface area contributed by atoms with Crippen LogP contribution in [-0.4, -0.2) is 43.6 Å². The van der Waals surface area contributed by atoms with Gasteiger partial charge in [-0.2, -0.15) is 17.4 Å². The lowest BCUT2D eigenvalue weighted by atomic mass is 10.1. The maximum Gasteiger partial charge on any atom is 0.279 e. The molecule has 1 aromatic rings. The van der Waals surface area contributed by atoms with Gasteiger partial charge in [0.15, 0.2) is 0 Å². The van der Waals surface area contributed by atoms with Crippen LogP contribution in [0, 0.1) is 0 Å². The summed E-state index contributed by atoms with van der Waals surface area (Å²) in [7, 11) is -2.01. The van der Waals surface area contributed by atoms with Gasteiger partial charge >= 0.3 is 0 Å². The van der Waals surface area contributed by atoms with Crippen molar-refractivity contribution in [2.24, 2.45) is 0 Å². The molecule has 1 unspecified atom stereocenters. The topological polar surface area (TPSA) is 69.6 Å². The van der Waals surface area contributed by atoms with Crippen molar-refractivity contribution in [3.8, 4) is 0 Å². The fourth-order valence-electron chi connectivity index (χ4n) is 1.54. The second kappa shape index (κ2) is 7.00. The Hall–Kier alpha value is -0.950. The van der Waals surface area contributed by atoms with Gasteiger partial charge in [-0.05, 0) is 25.8 Å². The Morgan fingerprint density at radius 2 is 1.84 bits per heavy atom. The van der Waals surface area contributed by atoms with Crippen LogP contribution in [-0.2, 0) is 16.6 Å². The van der Waals surface area contributed by atoms with Gasteiger partial charge in [-0.3, -0.25) is 0 Å². The first kappa shape index (κ1) is 16.1. The van der Waals surface area contributed by atoms with Crippen LogP contribution in [0.2, 0.25) is 0 Å². The lowest BCUT2D eigenvalue weighted by Crippen LogP contribution is -2.44. The standard InChI is InChI=1S/C13H22N2O3S/c1-11(2)15(3)19(17,18)14-10-13(16)9-12-7-5-4-6-8-12/h4-8,11,13-14,16H,9-10H2,1-3H3. The predicted octanol–water partition coefficient (Wildman–Crippen LogP) is 0.765. The van der Waals surface area contributed by atoms with E-state index in [4.69, 9.17) is 0 Å². The number of aliphatic hydroxyl groups excluding tert-OH is 1. The molecule has 0 saturated carbocycles. The van der Waals surface area contributed by atoms with E-state index in [9.17, 15) is 13.5 Å². The Morgan fingerprint density at radius 1 is 1.26 bits per heavy atom. The van der Waals surface area contributed by atoms with Crippen molar-refractivity contribution in [3.05, 3.63) is 35.9 Å². The number of aliphatic hydroxyl groups is 1. The van der Waals surface area contributed by atoms with Crippen molar-refractivity contribution in [3.63, 3.8) is 0 Å². The summed E-state index contributed by atoms with van der Waals surface area (Å²) in [5.41, 5.74) is 0.978. The monoisotopic (exact) mass is 286 g/mol. The molecule has 0 amide bonds. The summed E-state index contributed by atoms with van der Waals surface area (Å²) in [5, 5.41) is 9.84. The van der Waals surface area contributed by atoms with Crippen molar-refractivity contribution >= 4 is 10.2 Å². The summed E-state index contributed by atoms with van der Waals surface area (Å²) in [6.07, 6.45) is -0.313. The molecular weight excluding hydrogens is 264 g/mol. The molecule has 0 fully saturated rings. The molecule has 6 heteroatoms. The third kappa shape index (κ3) is 5.28. The van der Waals surface area contributed by atoms with E-state index in [1.807, 2.05) is 30.3 Å². The van der Waals surface area contributed by atoms with Gasteiger partial charge in [0.05, 0.1) is 6.10 Å². The number of benzene rings is 1. The fraction of sp³-hybridized carbons (Fsp3) is 0.538. The summed E-state index contributed by atoms with van der Waals surface area (Å²) >= 11 is 0. The van der Waals surface area contributed by atoms with Crippen molar-refractivity contribution in [2.45, 2.75) is 32.4 Å². The second-order valence-corrected chi connectivity index (χ2v) is 6.62. The summed E-state index contributed by atoms with van der Waals surface area (Å²) in [5.74, 6) is 0. The summed E-state index contributed by atoms with van der Waals surface area (Å²) in [4.78, 5) is 0. The highest BCUT2D eigenvalue weighted by Crippen LogP contribution is 2.04. The first-order valence-corrected chi connectivity index (χ1v) is 7.71. The van der Waals surface area contributed by atoms with Gasteiger partial charge in [-0.1, -0.05) is 30.3 Å². The highest BCUT2D eigenvalue weighted by molar-refractivity contribution is 7.87. The number of hydrogen-bond acceptors (Lipinski definition) is 3. The fourth-order valence-corrected chi connectivity index (χ4v) is 2.70. The first-order chi connectivity index (χ1) is 8.83. The van der Waals surface area contributed by atoms with E-state index < -0.39 is 16.3 Å². The molecule has 0 spiro atoms. The minimum absolute atomic E-state index is 0.00822. The minimum atomic E-state index is -3.52. The molecule has 0 aliphatic heterocycles. The molecule has 5 nitrogen and oxygen atoms in total. The van der Waals surface area contributed by atoms with Crippen LogP contribution in [0.15, 0.2) is 30.3 Å². The summed E-state index contributed by atoms with van der Waals surface area (Å²) in [6.45, 7) is 3.59. The van der Waals surface area contributed by atoms with Gasteiger partial charge in [0, 0.05) is 19.6 Å². The lowest BCUT2D eigenvalue weighted by molar-refractivity contribution is 0.178. The Balaban J connectivity index is 2.48. The highest BCUT2D eigenvalue weighted by Gasteiger charge is 2.20. The molecule has 1 rings (SSSR count). The molecule has 19 heavy (non-hydrogen) atoms. The van der Waals surface area contributed by atoms with Crippen molar-refractivity contribution in [1.82, 2.24) is 9.03 Å². The Morgan fingerprint density at radius 3 is 2.37 bits per heavy atom. The third-order valence-corrected chi connectivity index (χ3v) is 4.63. The highest BCUT2D eigenvalue weighted by atomic mass is 32.2. The third-order valence-electron chi connectivity index (χ3n) is 2.92. The van der Waals surface area contributed by atoms with Crippen LogP contribution in [0.1, 0.15) is 19.4 Å². The lowest BCUT2D eigenvalue weighted by Gasteiger charge is -2.22. The van der Waals surface area contributed by atoms with Gasteiger partial charge in [0.25, 0.3) is 10.2 Å². The van der Waals surface area contributed by atoms with E-state index in [0.29, 0.717) is 6.42 Å². The molecule has 108 valence electrons. The molecule has 2 N–H and O–H groups in total. The number of rotatable bonds is 7. The van der Waals surface area contributed by atoms with Crippen molar-refractivity contribution in [2.75, 3.05) is 13.6 Å². The van der Waals surface area contributed by atoms with E-state index >= 15 is 0 Å². The van der Waals surface area contributed by atoms with Gasteiger partial charge in [-0.15, -0.1) is 0 Å². The number of nitrogens with zero attached hydrogens (tertiary/aromatic N) is 1. The zero-order valence-electron chi connectivity index (χ0n) is 11.6. The van der Waals surface area contributed by atoms with Crippen LogP contribution in [0.3, 0.4) is 0 Å². The zero-order chi connectivity index (χ0) is 14.5. The molecule has 0 aliphatic carbocycles. The molecule has 0 saturated heterocycles. The van der Waals surface area contributed by atoms with Crippen LogP contribution < -0.4 is 4.72 Å². The van der Waals surface area contributed by atoms with E-state index in [1.165, 1.54) is 11.4 Å². The molecule has 0 radical (unpaired) electrons. The van der Waals surface area contributed by atoms with Crippen molar-refractivity contribution < 1.29 is 13.5 Å². The van der Waals surface area contributed by atoms with Gasteiger partial charge in [0.1, 0.15) is 0 Å². The van der Waals surface area contributed by atoms with Gasteiger partial charge in [0.2, 0.25) is 0 Å². The predicted molar refractivity (Wildman–Crippen MR) is 76.0 cm³/mol. The maximum absolute atomic E-state index is 11.8. The summed E-state index contributed by atoms with van der Waals surface area (Å²) in [6, 6.07) is 9.35. The zero-order valence-corrected chi connectivity index (χ0v) is 12.4. The molecule has 0 heterocycles. The van der Waals surface area contributed by atoms with E-state index in [1.54, 1.807) is 13.8 Å². The molecule has 1 aromatic carbocycles. The van der Waals surface area contributed by atoms with Crippen LogP contribution >= 0.6 is 0 Å². The maximum atomic E-state index is 11.8. The SMILES string of the molecule is CC(C)N(C)S(=O)(=O)NCC(O)Cc1ccccc1. The second-order valence-electron chi connectivity index (χ2n) is 4.81. The van der Waals surface area contributed by atoms with E-state index in [-0.39, 0.29) is 12.6 Å². The number of nitrogens with one attached hydrogen (secondary N) is 1. The average molecular weight is 286 g/mol.